The summed E-state index contributed by atoms with van der Waals surface area (Å²) in [6.07, 6.45) is 5.41. The summed E-state index contributed by atoms with van der Waals surface area (Å²) < 4.78 is 0. The Bertz CT molecular complexity index is 1230. The summed E-state index contributed by atoms with van der Waals surface area (Å²) in [7, 11) is 0. The van der Waals surface area contributed by atoms with Gasteiger partial charge in [0.25, 0.3) is 5.91 Å². The van der Waals surface area contributed by atoms with Crippen LogP contribution in [0.25, 0.3) is 0 Å². The van der Waals surface area contributed by atoms with E-state index in [2.05, 4.69) is 69.3 Å². The van der Waals surface area contributed by atoms with Gasteiger partial charge in [-0.1, -0.05) is 6.07 Å². The first kappa shape index (κ1) is 24.9. The molecule has 4 heterocycles. The minimum Gasteiger partial charge on any atom is -0.382 e. The lowest BCUT2D eigenvalue weighted by molar-refractivity contribution is 0.0724. The number of nitrogens with zero attached hydrogens (tertiary/aromatic N) is 7. The summed E-state index contributed by atoms with van der Waals surface area (Å²) >= 11 is 0. The molecule has 0 saturated carbocycles. The number of hydrogen-bond donors (Lipinski definition) is 1. The smallest absolute Gasteiger partial charge is 0.254 e. The molecule has 1 amide bonds. The van der Waals surface area contributed by atoms with E-state index in [1.165, 1.54) is 5.56 Å². The van der Waals surface area contributed by atoms with Crippen LogP contribution in [0.5, 0.6) is 0 Å². The second-order valence-corrected chi connectivity index (χ2v) is 10.2. The van der Waals surface area contributed by atoms with Crippen molar-refractivity contribution in [2.75, 3.05) is 47.8 Å². The van der Waals surface area contributed by atoms with Gasteiger partial charge in [-0.15, -0.1) is 10.2 Å². The highest BCUT2D eigenvalue weighted by Gasteiger charge is 2.31. The molecule has 2 aromatic heterocycles. The summed E-state index contributed by atoms with van der Waals surface area (Å²) in [5, 5.41) is 20.3. The predicted molar refractivity (Wildman–Crippen MR) is 146 cm³/mol. The number of carbonyl (C=O) groups is 1. The van der Waals surface area contributed by atoms with Crippen molar-refractivity contribution in [3.8, 4) is 0 Å². The fourth-order valence-corrected chi connectivity index (χ4v) is 5.74. The SMILES string of the molecule is Cc1cc(C)c(C(=O)N2CCN(c3cccnn3)[C@@H](C)C2)c(C)c1NC1CCN(c2cccnn2)CC1. The third-order valence-electron chi connectivity index (χ3n) is 7.68. The Hall–Kier alpha value is -3.75. The van der Waals surface area contributed by atoms with E-state index in [-0.39, 0.29) is 11.9 Å². The van der Waals surface area contributed by atoms with Gasteiger partial charge in [0.15, 0.2) is 11.6 Å². The van der Waals surface area contributed by atoms with Crippen LogP contribution in [0.1, 0.15) is 46.8 Å². The first-order valence-corrected chi connectivity index (χ1v) is 13.2. The Morgan fingerprint density at radius 1 is 0.919 bits per heavy atom. The number of benzene rings is 1. The Morgan fingerprint density at radius 2 is 1.59 bits per heavy atom. The van der Waals surface area contributed by atoms with Crippen LogP contribution in [0.3, 0.4) is 0 Å². The van der Waals surface area contributed by atoms with Crippen LogP contribution >= 0.6 is 0 Å². The number of nitrogens with one attached hydrogen (secondary N) is 1. The first-order chi connectivity index (χ1) is 17.9. The molecule has 2 aliphatic rings. The molecular formula is C28H36N8O. The van der Waals surface area contributed by atoms with Gasteiger partial charge >= 0.3 is 0 Å². The molecule has 0 bridgehead atoms. The molecule has 2 aliphatic heterocycles. The number of piperidine rings is 1. The van der Waals surface area contributed by atoms with Gasteiger partial charge < -0.3 is 20.0 Å². The van der Waals surface area contributed by atoms with Gasteiger partial charge in [-0.2, -0.15) is 10.2 Å². The molecule has 0 unspecified atom stereocenters. The van der Waals surface area contributed by atoms with E-state index in [1.807, 2.05) is 29.2 Å². The molecule has 0 spiro atoms. The molecule has 9 heteroatoms. The minimum absolute atomic E-state index is 0.112. The monoisotopic (exact) mass is 500 g/mol. The lowest BCUT2D eigenvalue weighted by Gasteiger charge is -2.40. The molecule has 194 valence electrons. The maximum absolute atomic E-state index is 13.8. The van der Waals surface area contributed by atoms with Crippen LogP contribution in [0.4, 0.5) is 17.3 Å². The van der Waals surface area contributed by atoms with Crippen molar-refractivity contribution in [2.24, 2.45) is 0 Å². The zero-order chi connectivity index (χ0) is 25.9. The van der Waals surface area contributed by atoms with Crippen molar-refractivity contribution in [3.63, 3.8) is 0 Å². The quantitative estimate of drug-likeness (QED) is 0.568. The van der Waals surface area contributed by atoms with Gasteiger partial charge in [-0.3, -0.25) is 4.79 Å². The Kier molecular flexibility index (Phi) is 7.21. The summed E-state index contributed by atoms with van der Waals surface area (Å²) in [4.78, 5) is 20.3. The summed E-state index contributed by atoms with van der Waals surface area (Å²) in [6, 6.07) is 10.5. The van der Waals surface area contributed by atoms with Crippen molar-refractivity contribution in [2.45, 2.75) is 52.6 Å². The van der Waals surface area contributed by atoms with Gasteiger partial charge in [0.2, 0.25) is 0 Å². The number of piperazine rings is 1. The maximum Gasteiger partial charge on any atom is 0.254 e. The normalized spacial score (nSPS) is 18.7. The molecule has 9 nitrogen and oxygen atoms in total. The van der Waals surface area contributed by atoms with Crippen LogP contribution in [-0.2, 0) is 0 Å². The van der Waals surface area contributed by atoms with Crippen molar-refractivity contribution in [3.05, 3.63) is 65.0 Å². The number of aromatic nitrogens is 4. The predicted octanol–water partition coefficient (Wildman–Crippen LogP) is 3.62. The highest BCUT2D eigenvalue weighted by atomic mass is 16.2. The third-order valence-corrected chi connectivity index (χ3v) is 7.68. The van der Waals surface area contributed by atoms with Crippen molar-refractivity contribution in [1.82, 2.24) is 25.3 Å². The topological polar surface area (TPSA) is 90.4 Å². The fraction of sp³-hybridized carbons (Fsp3) is 0.464. The minimum atomic E-state index is 0.112. The van der Waals surface area contributed by atoms with Crippen LogP contribution in [0.15, 0.2) is 42.7 Å². The van der Waals surface area contributed by atoms with E-state index < -0.39 is 0 Å². The van der Waals surface area contributed by atoms with Crippen LogP contribution in [0, 0.1) is 20.8 Å². The van der Waals surface area contributed by atoms with Crippen molar-refractivity contribution < 1.29 is 4.79 Å². The molecule has 3 aromatic rings. The summed E-state index contributed by atoms with van der Waals surface area (Å²) in [5.41, 5.74) is 5.18. The lowest BCUT2D eigenvalue weighted by atomic mass is 9.94. The van der Waals surface area contributed by atoms with E-state index in [9.17, 15) is 4.79 Å². The molecule has 2 saturated heterocycles. The number of hydrogen-bond acceptors (Lipinski definition) is 8. The van der Waals surface area contributed by atoms with Gasteiger partial charge in [0.1, 0.15) is 0 Å². The molecule has 5 rings (SSSR count). The van der Waals surface area contributed by atoms with E-state index in [0.717, 1.165) is 66.5 Å². The van der Waals surface area contributed by atoms with E-state index in [1.54, 1.807) is 12.4 Å². The largest absolute Gasteiger partial charge is 0.382 e. The average Bonchev–Trinajstić information content (AvgIpc) is 2.92. The highest BCUT2D eigenvalue weighted by molar-refractivity contribution is 5.99. The van der Waals surface area contributed by atoms with Crippen LogP contribution in [-0.4, -0.2) is 76.0 Å². The van der Waals surface area contributed by atoms with Gasteiger partial charge in [0, 0.05) is 68.5 Å². The zero-order valence-electron chi connectivity index (χ0n) is 22.2. The lowest BCUT2D eigenvalue weighted by Crippen LogP contribution is -2.54. The molecule has 1 N–H and O–H groups in total. The van der Waals surface area contributed by atoms with Gasteiger partial charge in [0.05, 0.1) is 0 Å². The number of aryl methyl sites for hydroxylation is 2. The Balaban J connectivity index is 1.28. The van der Waals surface area contributed by atoms with Gasteiger partial charge in [-0.25, -0.2) is 0 Å². The van der Waals surface area contributed by atoms with E-state index in [4.69, 9.17) is 0 Å². The van der Waals surface area contributed by atoms with Crippen molar-refractivity contribution >= 4 is 23.2 Å². The molecule has 1 aromatic carbocycles. The first-order valence-electron chi connectivity index (χ1n) is 13.2. The maximum atomic E-state index is 13.8. The van der Waals surface area contributed by atoms with Crippen LogP contribution in [0.2, 0.25) is 0 Å². The second-order valence-electron chi connectivity index (χ2n) is 10.2. The molecule has 2 fully saturated rings. The number of amides is 1. The zero-order valence-corrected chi connectivity index (χ0v) is 22.2. The third kappa shape index (κ3) is 5.21. The standard InChI is InChI=1S/C28H36N8O/c1-19-17-20(2)27(31-23-9-13-34(14-10-23)24-7-5-11-29-32-24)22(4)26(19)28(37)35-15-16-36(21(3)18-35)25-8-6-12-30-33-25/h5-8,11-12,17,21,23,31H,9-10,13-16,18H2,1-4H3/t21-/m0/s1. The van der Waals surface area contributed by atoms with Gasteiger partial charge in [-0.05, 0) is 81.5 Å². The second kappa shape index (κ2) is 10.7. The Morgan fingerprint density at radius 3 is 2.22 bits per heavy atom. The fourth-order valence-electron chi connectivity index (χ4n) is 5.74. The van der Waals surface area contributed by atoms with Crippen LogP contribution < -0.4 is 15.1 Å². The number of carbonyl (C=O) groups excluding carboxylic acids is 1. The number of rotatable bonds is 5. The Labute approximate surface area is 218 Å². The molecule has 1 atom stereocenters. The molecule has 0 radical (unpaired) electrons. The highest BCUT2D eigenvalue weighted by Crippen LogP contribution is 2.31. The average molecular weight is 501 g/mol. The van der Waals surface area contributed by atoms with E-state index >= 15 is 0 Å². The number of anilines is 3. The molecule has 37 heavy (non-hydrogen) atoms. The summed E-state index contributed by atoms with van der Waals surface area (Å²) in [5.74, 6) is 1.91. The van der Waals surface area contributed by atoms with E-state index in [0.29, 0.717) is 19.1 Å². The molecule has 0 aliphatic carbocycles. The molecular weight excluding hydrogens is 464 g/mol. The summed E-state index contributed by atoms with van der Waals surface area (Å²) in [6.45, 7) is 12.3. The van der Waals surface area contributed by atoms with Crippen molar-refractivity contribution in [1.29, 1.82) is 0 Å².